The quantitative estimate of drug-likeness (QED) is 0.881. The molecule has 0 saturated carbocycles. The van der Waals surface area contributed by atoms with E-state index in [1.807, 2.05) is 6.07 Å². The fourth-order valence-corrected chi connectivity index (χ4v) is 2.42. The topological polar surface area (TPSA) is 74.2 Å². The van der Waals surface area contributed by atoms with Gasteiger partial charge in [0.2, 0.25) is 5.91 Å². The molecule has 0 bridgehead atoms. The van der Waals surface area contributed by atoms with Crippen molar-refractivity contribution in [3.63, 3.8) is 0 Å². The van der Waals surface area contributed by atoms with Gasteiger partial charge in [-0.05, 0) is 44.1 Å². The molecule has 2 rings (SSSR count). The predicted octanol–water partition coefficient (Wildman–Crippen LogP) is 2.03. The van der Waals surface area contributed by atoms with Crippen molar-refractivity contribution in [2.45, 2.75) is 18.9 Å². The summed E-state index contributed by atoms with van der Waals surface area (Å²) in [6.07, 6.45) is 1.99. The fraction of sp³-hybridized carbons (Fsp3) is 0.429. The van der Waals surface area contributed by atoms with E-state index in [1.165, 1.54) is 0 Å². The molecule has 1 aromatic carbocycles. The Bertz CT molecular complexity index is 522. The summed E-state index contributed by atoms with van der Waals surface area (Å²) in [6, 6.07) is 7.18. The van der Waals surface area contributed by atoms with Gasteiger partial charge in [0.1, 0.15) is 12.7 Å². The van der Waals surface area contributed by atoms with Crippen molar-refractivity contribution < 1.29 is 9.53 Å². The van der Waals surface area contributed by atoms with Gasteiger partial charge in [-0.1, -0.05) is 15.9 Å². The molecule has 0 aliphatic carbocycles. The smallest absolute Gasteiger partial charge is 0.250 e. The first-order chi connectivity index (χ1) is 9.69. The second kappa shape index (κ2) is 7.39. The molecule has 2 N–H and O–H groups in total. The third-order valence-electron chi connectivity index (χ3n) is 3.11. The molecule has 0 spiro atoms. The van der Waals surface area contributed by atoms with Crippen LogP contribution >= 0.6 is 15.9 Å². The van der Waals surface area contributed by atoms with Crippen molar-refractivity contribution in [2.24, 2.45) is 0 Å². The minimum absolute atomic E-state index is 0.0159. The Kier molecular flexibility index (Phi) is 5.53. The lowest BCUT2D eigenvalue weighted by atomic mass is 10.1. The number of nitrogens with one attached hydrogen (secondary N) is 2. The van der Waals surface area contributed by atoms with Crippen molar-refractivity contribution in [2.75, 3.05) is 25.0 Å². The minimum atomic E-state index is -0.238. The Balaban J connectivity index is 1.88. The van der Waals surface area contributed by atoms with Crippen LogP contribution in [0.1, 0.15) is 18.4 Å². The van der Waals surface area contributed by atoms with Crippen molar-refractivity contribution in [1.82, 2.24) is 5.32 Å². The van der Waals surface area contributed by atoms with Gasteiger partial charge in [0.05, 0.1) is 17.4 Å². The predicted molar refractivity (Wildman–Crippen MR) is 79.3 cm³/mol. The van der Waals surface area contributed by atoms with Crippen molar-refractivity contribution in [3.05, 3.63) is 28.2 Å². The Hall–Kier alpha value is -1.42. The monoisotopic (exact) mass is 337 g/mol. The third-order valence-corrected chi connectivity index (χ3v) is 3.61. The summed E-state index contributed by atoms with van der Waals surface area (Å²) in [7, 11) is 0. The first-order valence-corrected chi connectivity index (χ1v) is 7.30. The molecule has 1 saturated heterocycles. The Labute approximate surface area is 126 Å². The van der Waals surface area contributed by atoms with Gasteiger partial charge < -0.3 is 15.4 Å². The van der Waals surface area contributed by atoms with E-state index < -0.39 is 0 Å². The summed E-state index contributed by atoms with van der Waals surface area (Å²) in [4.78, 5) is 11.9. The number of carbonyl (C=O) groups excluding carboxylic acids is 1. The molecule has 20 heavy (non-hydrogen) atoms. The molecule has 0 radical (unpaired) electrons. The molecular formula is C14H16BrN3O2. The number of hydrogen-bond donors (Lipinski definition) is 2. The van der Waals surface area contributed by atoms with E-state index in [2.05, 4.69) is 26.6 Å². The second-order valence-corrected chi connectivity index (χ2v) is 5.53. The van der Waals surface area contributed by atoms with E-state index in [4.69, 9.17) is 10.00 Å². The van der Waals surface area contributed by atoms with Crippen LogP contribution in [0.25, 0.3) is 0 Å². The van der Waals surface area contributed by atoms with Gasteiger partial charge in [0, 0.05) is 4.47 Å². The lowest BCUT2D eigenvalue weighted by molar-refractivity contribution is -0.123. The minimum Gasteiger partial charge on any atom is -0.368 e. The molecule has 0 aromatic heterocycles. The molecular weight excluding hydrogens is 322 g/mol. The molecule has 1 heterocycles. The number of hydrogen-bond acceptors (Lipinski definition) is 4. The number of ether oxygens (including phenoxy) is 1. The van der Waals surface area contributed by atoms with Gasteiger partial charge in [-0.15, -0.1) is 0 Å². The lowest BCUT2D eigenvalue weighted by Crippen LogP contribution is -2.34. The molecule has 1 fully saturated rings. The van der Waals surface area contributed by atoms with E-state index in [1.54, 1.807) is 18.2 Å². The number of nitrogens with zero attached hydrogens (tertiary/aromatic N) is 1. The zero-order chi connectivity index (χ0) is 14.4. The van der Waals surface area contributed by atoms with E-state index in [0.717, 1.165) is 30.4 Å². The number of amides is 1. The first kappa shape index (κ1) is 15.0. The van der Waals surface area contributed by atoms with E-state index >= 15 is 0 Å². The Morgan fingerprint density at radius 1 is 1.50 bits per heavy atom. The number of benzene rings is 1. The number of carbonyl (C=O) groups is 1. The van der Waals surface area contributed by atoms with E-state index in [9.17, 15) is 4.79 Å². The van der Waals surface area contributed by atoms with Crippen LogP contribution in [-0.4, -0.2) is 31.7 Å². The van der Waals surface area contributed by atoms with Gasteiger partial charge in [0.15, 0.2) is 0 Å². The summed E-state index contributed by atoms with van der Waals surface area (Å²) >= 11 is 3.32. The van der Waals surface area contributed by atoms with Crippen molar-refractivity contribution >= 4 is 27.5 Å². The molecule has 1 amide bonds. The summed E-state index contributed by atoms with van der Waals surface area (Å²) < 4.78 is 6.39. The second-order valence-electron chi connectivity index (χ2n) is 4.61. The van der Waals surface area contributed by atoms with Crippen LogP contribution in [0.4, 0.5) is 5.69 Å². The summed E-state index contributed by atoms with van der Waals surface area (Å²) in [5.41, 5.74) is 0.934. The Morgan fingerprint density at radius 2 is 2.25 bits per heavy atom. The normalized spacial score (nSPS) is 15.6. The van der Waals surface area contributed by atoms with Crippen LogP contribution in [0.5, 0.6) is 0 Å². The molecule has 1 aliphatic rings. The highest BCUT2D eigenvalue weighted by molar-refractivity contribution is 9.10. The Morgan fingerprint density at radius 3 is 2.95 bits per heavy atom. The molecule has 5 nitrogen and oxygen atoms in total. The van der Waals surface area contributed by atoms with Crippen LogP contribution < -0.4 is 10.6 Å². The van der Waals surface area contributed by atoms with Gasteiger partial charge in [-0.3, -0.25) is 4.79 Å². The molecule has 1 aliphatic heterocycles. The highest BCUT2D eigenvalue weighted by Gasteiger charge is 2.15. The number of halogens is 1. The van der Waals surface area contributed by atoms with E-state index in [-0.39, 0.29) is 18.6 Å². The van der Waals surface area contributed by atoms with Crippen molar-refractivity contribution in [3.8, 4) is 6.07 Å². The zero-order valence-corrected chi connectivity index (χ0v) is 12.6. The maximum Gasteiger partial charge on any atom is 0.250 e. The van der Waals surface area contributed by atoms with Gasteiger partial charge >= 0.3 is 0 Å². The maximum atomic E-state index is 11.9. The molecule has 106 valence electrons. The first-order valence-electron chi connectivity index (χ1n) is 6.51. The van der Waals surface area contributed by atoms with Crippen LogP contribution in [0.15, 0.2) is 22.7 Å². The average Bonchev–Trinajstić information content (AvgIpc) is 2.46. The van der Waals surface area contributed by atoms with Crippen molar-refractivity contribution in [1.29, 1.82) is 5.26 Å². The van der Waals surface area contributed by atoms with Gasteiger partial charge in [-0.25, -0.2) is 0 Å². The van der Waals surface area contributed by atoms with Crippen LogP contribution in [0.2, 0.25) is 0 Å². The highest BCUT2D eigenvalue weighted by Crippen LogP contribution is 2.20. The van der Waals surface area contributed by atoms with Crippen LogP contribution in [0, 0.1) is 11.3 Å². The SMILES string of the molecule is N#Cc1ccc(Br)cc1NC(=O)COC1CCNCC1. The van der Waals surface area contributed by atoms with Crippen LogP contribution in [0.3, 0.4) is 0 Å². The van der Waals surface area contributed by atoms with E-state index in [0.29, 0.717) is 11.3 Å². The largest absolute Gasteiger partial charge is 0.368 e. The number of piperidine rings is 1. The number of anilines is 1. The third kappa shape index (κ3) is 4.30. The molecule has 0 atom stereocenters. The maximum absolute atomic E-state index is 11.9. The lowest BCUT2D eigenvalue weighted by Gasteiger charge is -2.22. The standard InChI is InChI=1S/C14H16BrN3O2/c15-11-2-1-10(8-16)13(7-11)18-14(19)9-20-12-3-5-17-6-4-12/h1-2,7,12,17H,3-6,9H2,(H,18,19). The summed E-state index contributed by atoms with van der Waals surface area (Å²) in [6.45, 7) is 1.87. The molecule has 0 unspecified atom stereocenters. The molecule has 1 aromatic rings. The van der Waals surface area contributed by atoms with Crippen LogP contribution in [-0.2, 0) is 9.53 Å². The average molecular weight is 338 g/mol. The number of nitriles is 1. The summed E-state index contributed by atoms with van der Waals surface area (Å²) in [5.74, 6) is -0.238. The van der Waals surface area contributed by atoms with Gasteiger partial charge in [-0.2, -0.15) is 5.26 Å². The number of rotatable bonds is 4. The summed E-state index contributed by atoms with van der Waals surface area (Å²) in [5, 5.41) is 15.0. The highest BCUT2D eigenvalue weighted by atomic mass is 79.9. The molecule has 6 heteroatoms. The zero-order valence-electron chi connectivity index (χ0n) is 11.0. The van der Waals surface area contributed by atoms with Gasteiger partial charge in [0.25, 0.3) is 0 Å². The fourth-order valence-electron chi connectivity index (χ4n) is 2.06.